The Morgan fingerprint density at radius 2 is 1.96 bits per heavy atom. The van der Waals surface area contributed by atoms with Gasteiger partial charge in [0.05, 0.1) is 13.1 Å². The maximum atomic E-state index is 11.6. The Morgan fingerprint density at radius 3 is 2.54 bits per heavy atom. The van der Waals surface area contributed by atoms with E-state index in [4.69, 9.17) is 20.5 Å². The number of carboxylic acid groups (broad SMARTS) is 1. The molecule has 1 saturated heterocycles. The summed E-state index contributed by atoms with van der Waals surface area (Å²) in [6, 6.07) is 2.99. The van der Waals surface area contributed by atoms with E-state index in [1.54, 1.807) is 12.4 Å². The van der Waals surface area contributed by atoms with E-state index in [-0.39, 0.29) is 30.2 Å². The molecule has 0 spiro atoms. The normalized spacial score (nSPS) is 13.9. The molecule has 1 fully saturated rings. The van der Waals surface area contributed by atoms with Crippen molar-refractivity contribution >= 4 is 19.0 Å². The Kier molecular flexibility index (Phi) is 5.97. The second kappa shape index (κ2) is 8.42. The van der Waals surface area contributed by atoms with E-state index in [9.17, 15) is 15.0 Å². The number of hydrogen-bond donors (Lipinski definition) is 5. The van der Waals surface area contributed by atoms with E-state index in [1.807, 2.05) is 4.90 Å². The highest BCUT2D eigenvalue weighted by Crippen LogP contribution is 2.34. The lowest BCUT2D eigenvalue weighted by Gasteiger charge is -2.39. The zero-order valence-corrected chi connectivity index (χ0v) is 15.0. The number of aromatic carboxylic acids is 1. The number of nitrogens with two attached hydrogens (primary N) is 1. The third-order valence-corrected chi connectivity index (χ3v) is 4.46. The third-order valence-electron chi connectivity index (χ3n) is 4.46. The molecule has 2 heterocycles. The minimum atomic E-state index is -1.54. The first kappa shape index (κ1) is 19.9. The summed E-state index contributed by atoms with van der Waals surface area (Å²) in [5.74, 6) is -1.16. The molecule has 3 rings (SSSR count). The van der Waals surface area contributed by atoms with Crippen LogP contribution in [0.5, 0.6) is 11.5 Å². The van der Waals surface area contributed by atoms with E-state index in [0.29, 0.717) is 31.1 Å². The van der Waals surface area contributed by atoms with Crippen LogP contribution in [-0.4, -0.2) is 62.5 Å². The van der Waals surface area contributed by atoms with E-state index >= 15 is 0 Å². The lowest BCUT2D eigenvalue weighted by Crippen LogP contribution is -2.54. The molecular weight excluding hydrogens is 367 g/mol. The van der Waals surface area contributed by atoms with E-state index in [0.717, 1.165) is 5.56 Å². The molecule has 2 aromatic rings. The van der Waals surface area contributed by atoms with Crippen molar-refractivity contribution in [3.8, 4) is 11.5 Å². The van der Waals surface area contributed by atoms with E-state index < -0.39 is 18.8 Å². The highest BCUT2D eigenvalue weighted by molar-refractivity contribution is 6.41. The highest BCUT2D eigenvalue weighted by Gasteiger charge is 2.32. The lowest BCUT2D eigenvalue weighted by molar-refractivity contribution is 0.0683. The number of aromatic hydroxyl groups is 1. The molecule has 0 bridgehead atoms. The molecule has 0 amide bonds. The topological polar surface area (TPSA) is 162 Å². The molecule has 0 radical (unpaired) electrons. The molecule has 6 N–H and O–H groups in total. The number of ether oxygens (including phenoxy) is 1. The van der Waals surface area contributed by atoms with Gasteiger partial charge in [0.15, 0.2) is 0 Å². The summed E-state index contributed by atoms with van der Waals surface area (Å²) < 4.78 is 5.74. The predicted octanol–water partition coefficient (Wildman–Crippen LogP) is -0.378. The first-order valence-corrected chi connectivity index (χ1v) is 8.76. The molecule has 11 heteroatoms. The van der Waals surface area contributed by atoms with Gasteiger partial charge in [-0.15, -0.1) is 0 Å². The summed E-state index contributed by atoms with van der Waals surface area (Å²) in [5, 5.41) is 37.6. The molecule has 28 heavy (non-hydrogen) atoms. The summed E-state index contributed by atoms with van der Waals surface area (Å²) >= 11 is 0. The van der Waals surface area contributed by atoms with E-state index in [1.165, 1.54) is 12.1 Å². The van der Waals surface area contributed by atoms with Crippen molar-refractivity contribution in [3.05, 3.63) is 41.2 Å². The van der Waals surface area contributed by atoms with E-state index in [2.05, 4.69) is 9.97 Å². The molecule has 1 aromatic carbocycles. The fraction of sp³-hybridized carbons (Fsp3) is 0.353. The zero-order chi connectivity index (χ0) is 20.3. The molecule has 10 nitrogen and oxygen atoms in total. The second-order valence-corrected chi connectivity index (χ2v) is 6.51. The molecule has 0 saturated carbocycles. The van der Waals surface area contributed by atoms with Gasteiger partial charge in [-0.2, -0.15) is 0 Å². The van der Waals surface area contributed by atoms with Crippen LogP contribution in [0.4, 0.5) is 5.95 Å². The van der Waals surface area contributed by atoms with Crippen LogP contribution in [0.2, 0.25) is 6.32 Å². The third kappa shape index (κ3) is 4.33. The minimum Gasteiger partial charge on any atom is -0.507 e. The standard InChI is InChI=1S/C17H21BN4O6/c19-5-10-6-20-17(21-7-10)22-8-12(9-22)28-13-2-1-11(3-4-18(26)27)15(23)14(13)16(24)25/h1-2,6-7,12,23,26-27H,3-5,8-9,19H2,(H,24,25). The summed E-state index contributed by atoms with van der Waals surface area (Å²) in [6.07, 6.45) is 3.13. The van der Waals surface area contributed by atoms with Crippen molar-refractivity contribution < 1.29 is 29.8 Å². The second-order valence-electron chi connectivity index (χ2n) is 6.51. The quantitative estimate of drug-likeness (QED) is 0.377. The van der Waals surface area contributed by atoms with Crippen LogP contribution in [0.15, 0.2) is 24.5 Å². The summed E-state index contributed by atoms with van der Waals surface area (Å²) in [4.78, 5) is 21.9. The number of phenols is 1. The number of hydrogen-bond acceptors (Lipinski definition) is 9. The first-order chi connectivity index (χ1) is 13.4. The van der Waals surface area contributed by atoms with Crippen molar-refractivity contribution in [1.29, 1.82) is 0 Å². The molecule has 1 aromatic heterocycles. The van der Waals surface area contributed by atoms with Gasteiger partial charge in [-0.25, -0.2) is 14.8 Å². The number of carbonyl (C=O) groups is 1. The van der Waals surface area contributed by atoms with Gasteiger partial charge in [0.2, 0.25) is 5.95 Å². The van der Waals surface area contributed by atoms with Gasteiger partial charge in [0.25, 0.3) is 0 Å². The fourth-order valence-corrected chi connectivity index (χ4v) is 2.88. The molecule has 1 aliphatic rings. The predicted molar refractivity (Wildman–Crippen MR) is 100 cm³/mol. The molecule has 0 unspecified atom stereocenters. The molecule has 0 aliphatic carbocycles. The number of benzene rings is 1. The van der Waals surface area contributed by atoms with Crippen molar-refractivity contribution in [2.75, 3.05) is 18.0 Å². The zero-order valence-electron chi connectivity index (χ0n) is 15.0. The Labute approximate surface area is 161 Å². The largest absolute Gasteiger partial charge is 0.507 e. The number of rotatable bonds is 8. The van der Waals surface area contributed by atoms with Crippen LogP contribution < -0.4 is 15.4 Å². The molecular formula is C17H21BN4O6. The number of nitrogens with zero attached hydrogens (tertiary/aromatic N) is 3. The number of anilines is 1. The smallest absolute Gasteiger partial charge is 0.451 e. The van der Waals surface area contributed by atoms with Crippen LogP contribution in [0.3, 0.4) is 0 Å². The van der Waals surface area contributed by atoms with Gasteiger partial charge < -0.3 is 35.6 Å². The van der Waals surface area contributed by atoms with Gasteiger partial charge in [0.1, 0.15) is 23.2 Å². The number of aromatic nitrogens is 2. The SMILES string of the molecule is NCc1cnc(N2CC(Oc3ccc(CCB(O)O)c(O)c3C(=O)O)C2)nc1. The summed E-state index contributed by atoms with van der Waals surface area (Å²) in [6.45, 7) is 1.31. The maximum Gasteiger partial charge on any atom is 0.451 e. The Bertz CT molecular complexity index is 842. The number of aryl methyl sites for hydroxylation is 1. The molecule has 1 aliphatic heterocycles. The summed E-state index contributed by atoms with van der Waals surface area (Å²) in [7, 11) is -1.54. The average Bonchev–Trinajstić information content (AvgIpc) is 2.63. The highest BCUT2D eigenvalue weighted by atomic mass is 16.5. The first-order valence-electron chi connectivity index (χ1n) is 8.76. The van der Waals surface area contributed by atoms with Gasteiger partial charge >= 0.3 is 13.1 Å². The van der Waals surface area contributed by atoms with Crippen molar-refractivity contribution in [1.82, 2.24) is 9.97 Å². The van der Waals surface area contributed by atoms with Gasteiger partial charge in [-0.05, 0) is 24.4 Å². The van der Waals surface area contributed by atoms with Crippen molar-refractivity contribution in [2.45, 2.75) is 25.4 Å². The average molecular weight is 388 g/mol. The fourth-order valence-electron chi connectivity index (χ4n) is 2.88. The Hall–Kier alpha value is -2.89. The van der Waals surface area contributed by atoms with Gasteiger partial charge in [0, 0.05) is 24.5 Å². The lowest BCUT2D eigenvalue weighted by atomic mass is 9.82. The molecule has 148 valence electrons. The summed E-state index contributed by atoms with van der Waals surface area (Å²) in [5.41, 5.74) is 6.31. The number of carboxylic acids is 1. The van der Waals surface area contributed by atoms with Crippen LogP contribution in [0.25, 0.3) is 0 Å². The van der Waals surface area contributed by atoms with Crippen LogP contribution in [-0.2, 0) is 13.0 Å². The van der Waals surface area contributed by atoms with Crippen LogP contribution in [0.1, 0.15) is 21.5 Å². The van der Waals surface area contributed by atoms with Crippen molar-refractivity contribution in [2.24, 2.45) is 5.73 Å². The van der Waals surface area contributed by atoms with Gasteiger partial charge in [-0.1, -0.05) is 6.07 Å². The monoisotopic (exact) mass is 388 g/mol. The Balaban J connectivity index is 1.67. The Morgan fingerprint density at radius 1 is 1.29 bits per heavy atom. The molecule has 0 atom stereocenters. The minimum absolute atomic E-state index is 0.0205. The van der Waals surface area contributed by atoms with Crippen LogP contribution >= 0.6 is 0 Å². The van der Waals surface area contributed by atoms with Crippen LogP contribution in [0, 0.1) is 0 Å². The van der Waals surface area contributed by atoms with Gasteiger partial charge in [-0.3, -0.25) is 0 Å². The maximum absolute atomic E-state index is 11.6. The van der Waals surface area contributed by atoms with Crippen molar-refractivity contribution in [3.63, 3.8) is 0 Å².